The Hall–Kier alpha value is -1.18. The van der Waals surface area contributed by atoms with Gasteiger partial charge in [0.15, 0.2) is 7.35 Å². The predicted molar refractivity (Wildman–Crippen MR) is 77.9 cm³/mol. The summed E-state index contributed by atoms with van der Waals surface area (Å²) >= 11 is 1.87. The summed E-state index contributed by atoms with van der Waals surface area (Å²) in [6.07, 6.45) is 0. The fraction of sp³-hybridized carbons (Fsp3) is 0.143. The van der Waals surface area contributed by atoms with E-state index in [0.717, 1.165) is 17.3 Å². The highest BCUT2D eigenvalue weighted by Gasteiger charge is 2.22. The average molecular weight is 276 g/mol. The molecule has 0 aliphatic carbocycles. The summed E-state index contributed by atoms with van der Waals surface area (Å²) in [5.41, 5.74) is 1.29. The molecule has 0 radical (unpaired) electrons. The topological polar surface area (TPSA) is 18.5 Å². The van der Waals surface area contributed by atoms with Crippen LogP contribution < -0.4 is 14.6 Å². The molecule has 0 spiro atoms. The highest BCUT2D eigenvalue weighted by Crippen LogP contribution is 2.56. The van der Waals surface area contributed by atoms with Crippen LogP contribution in [0.15, 0.2) is 48.5 Å². The van der Waals surface area contributed by atoms with Crippen LogP contribution in [0.2, 0.25) is 0 Å². The Kier molecular flexibility index (Phi) is 3.44. The van der Waals surface area contributed by atoms with Gasteiger partial charge in [-0.2, -0.15) is 0 Å². The molecule has 0 aromatic heterocycles. The second-order valence-corrected chi connectivity index (χ2v) is 7.46. The van der Waals surface area contributed by atoms with Crippen molar-refractivity contribution in [3.63, 3.8) is 0 Å². The van der Waals surface area contributed by atoms with Crippen molar-refractivity contribution in [2.75, 3.05) is 7.11 Å². The van der Waals surface area contributed by atoms with Crippen molar-refractivity contribution < 1.29 is 9.26 Å². The molecule has 0 saturated carbocycles. The van der Waals surface area contributed by atoms with Gasteiger partial charge in [0.2, 0.25) is 0 Å². The van der Waals surface area contributed by atoms with Gasteiger partial charge in [-0.3, -0.25) is 0 Å². The maximum atomic E-state index is 6.08. The minimum atomic E-state index is -0.610. The van der Waals surface area contributed by atoms with Crippen LogP contribution in [0.5, 0.6) is 11.5 Å². The van der Waals surface area contributed by atoms with Gasteiger partial charge in [0.05, 0.1) is 7.11 Å². The molecule has 0 saturated heterocycles. The van der Waals surface area contributed by atoms with Gasteiger partial charge in [0.1, 0.15) is 11.5 Å². The Balaban J connectivity index is 1.82. The molecule has 0 amide bonds. The van der Waals surface area contributed by atoms with Crippen molar-refractivity contribution in [1.82, 2.24) is 0 Å². The second-order valence-electron chi connectivity index (χ2n) is 3.93. The molecule has 1 unspecified atom stereocenters. The molecule has 1 aliphatic heterocycles. The quantitative estimate of drug-likeness (QED) is 0.774. The molecule has 18 heavy (non-hydrogen) atoms. The first-order chi connectivity index (χ1) is 8.86. The van der Waals surface area contributed by atoms with Crippen LogP contribution in [-0.2, 0) is 5.75 Å². The van der Waals surface area contributed by atoms with E-state index in [1.807, 2.05) is 35.6 Å². The van der Waals surface area contributed by atoms with E-state index in [2.05, 4.69) is 24.3 Å². The molecule has 0 bridgehead atoms. The zero-order valence-electron chi connectivity index (χ0n) is 10.00. The van der Waals surface area contributed by atoms with Crippen LogP contribution in [0.1, 0.15) is 5.56 Å². The molecule has 2 nitrogen and oxygen atoms in total. The monoisotopic (exact) mass is 276 g/mol. The van der Waals surface area contributed by atoms with Crippen molar-refractivity contribution in [3.8, 4) is 11.5 Å². The lowest BCUT2D eigenvalue weighted by Gasteiger charge is -2.24. The van der Waals surface area contributed by atoms with Crippen LogP contribution in [0.25, 0.3) is 0 Å². The molecular weight excluding hydrogens is 263 g/mol. The van der Waals surface area contributed by atoms with E-state index >= 15 is 0 Å². The average Bonchev–Trinajstić information content (AvgIpc) is 2.47. The number of hydrogen-bond acceptors (Lipinski definition) is 3. The first-order valence-electron chi connectivity index (χ1n) is 5.70. The number of para-hydroxylation sites is 1. The van der Waals surface area contributed by atoms with Crippen molar-refractivity contribution >= 4 is 24.0 Å². The zero-order valence-corrected chi connectivity index (χ0v) is 11.7. The fourth-order valence-corrected chi connectivity index (χ4v) is 5.32. The summed E-state index contributed by atoms with van der Waals surface area (Å²) < 4.78 is 11.3. The number of benzene rings is 2. The van der Waals surface area contributed by atoms with Crippen LogP contribution in [0, 0.1) is 0 Å². The normalized spacial score (nSPS) is 17.7. The van der Waals surface area contributed by atoms with Gasteiger partial charge in [0.25, 0.3) is 0 Å². The number of methoxy groups -OCH3 is 1. The van der Waals surface area contributed by atoms with Gasteiger partial charge < -0.3 is 9.26 Å². The fourth-order valence-electron chi connectivity index (χ4n) is 1.79. The molecule has 2 aromatic carbocycles. The van der Waals surface area contributed by atoms with Crippen molar-refractivity contribution in [1.29, 1.82) is 0 Å². The molecule has 1 heterocycles. The highest BCUT2D eigenvalue weighted by atomic mass is 32.7. The van der Waals surface area contributed by atoms with Gasteiger partial charge >= 0.3 is 0 Å². The second kappa shape index (κ2) is 5.21. The third-order valence-corrected chi connectivity index (χ3v) is 6.48. The van der Waals surface area contributed by atoms with E-state index in [-0.39, 0.29) is 0 Å². The van der Waals surface area contributed by atoms with E-state index in [1.54, 1.807) is 7.11 Å². The molecular formula is C14H13O2PS. The molecule has 1 atom stereocenters. The van der Waals surface area contributed by atoms with Gasteiger partial charge in [-0.15, -0.1) is 0 Å². The summed E-state index contributed by atoms with van der Waals surface area (Å²) in [6, 6.07) is 16.4. The summed E-state index contributed by atoms with van der Waals surface area (Å²) in [6.45, 7) is 0. The maximum absolute atomic E-state index is 6.08. The Bertz CT molecular complexity index is 542. The molecule has 0 fully saturated rings. The Morgan fingerprint density at radius 3 is 2.67 bits per heavy atom. The number of ether oxygens (including phenoxy) is 1. The number of fused-ring (bicyclic) bond motifs is 1. The Labute approximate surface area is 112 Å². The molecule has 4 heteroatoms. The smallest absolute Gasteiger partial charge is 0.180 e. The highest BCUT2D eigenvalue weighted by molar-refractivity contribution is 8.56. The van der Waals surface area contributed by atoms with Gasteiger partial charge in [-0.05, 0) is 30.3 Å². The number of hydrogen-bond donors (Lipinski definition) is 0. The summed E-state index contributed by atoms with van der Waals surface area (Å²) in [4.78, 5) is 0. The number of rotatable bonds is 2. The third-order valence-electron chi connectivity index (χ3n) is 2.77. The molecule has 0 N–H and O–H groups in total. The van der Waals surface area contributed by atoms with E-state index in [4.69, 9.17) is 9.26 Å². The lowest BCUT2D eigenvalue weighted by Crippen LogP contribution is -2.07. The summed E-state index contributed by atoms with van der Waals surface area (Å²) in [7, 11) is 1.07. The van der Waals surface area contributed by atoms with Crippen LogP contribution in [0.4, 0.5) is 0 Å². The minimum absolute atomic E-state index is 0.610. The van der Waals surface area contributed by atoms with Crippen molar-refractivity contribution in [3.05, 3.63) is 54.1 Å². The lowest BCUT2D eigenvalue weighted by molar-refractivity contribution is 0.415. The molecule has 1 aliphatic rings. The van der Waals surface area contributed by atoms with Gasteiger partial charge in [-0.25, -0.2) is 0 Å². The summed E-state index contributed by atoms with van der Waals surface area (Å²) in [5.74, 6) is 2.93. The van der Waals surface area contributed by atoms with E-state index in [0.29, 0.717) is 0 Å². The lowest BCUT2D eigenvalue weighted by atomic mass is 10.2. The van der Waals surface area contributed by atoms with E-state index in [1.165, 1.54) is 10.9 Å². The van der Waals surface area contributed by atoms with Crippen LogP contribution in [-0.4, -0.2) is 7.11 Å². The van der Waals surface area contributed by atoms with Gasteiger partial charge in [0, 0.05) is 16.6 Å². The minimum Gasteiger partial charge on any atom is -0.497 e. The van der Waals surface area contributed by atoms with Crippen LogP contribution >= 0.6 is 18.7 Å². The van der Waals surface area contributed by atoms with Crippen LogP contribution in [0.3, 0.4) is 0 Å². The van der Waals surface area contributed by atoms with E-state index < -0.39 is 7.35 Å². The first kappa shape index (κ1) is 11.9. The Morgan fingerprint density at radius 2 is 1.89 bits per heavy atom. The predicted octanol–water partition coefficient (Wildman–Crippen LogP) is 3.96. The maximum Gasteiger partial charge on any atom is 0.180 e. The standard InChI is InChI=1S/C14H13O2PS/c1-15-12-6-8-13(9-7-12)17-16-14-5-3-2-4-11(14)10-18-17/h2-9H,10H2,1H3. The van der Waals surface area contributed by atoms with Crippen molar-refractivity contribution in [2.24, 2.45) is 0 Å². The molecule has 3 rings (SSSR count). The van der Waals surface area contributed by atoms with Gasteiger partial charge in [-0.1, -0.05) is 29.6 Å². The molecule has 2 aromatic rings. The summed E-state index contributed by atoms with van der Waals surface area (Å²) in [5, 5.41) is 1.24. The molecule has 92 valence electrons. The zero-order chi connectivity index (χ0) is 12.4. The SMILES string of the molecule is COc1ccc(P2Oc3ccccc3CS2)cc1. The first-order valence-corrected chi connectivity index (χ1v) is 8.55. The van der Waals surface area contributed by atoms with E-state index in [9.17, 15) is 0 Å². The largest absolute Gasteiger partial charge is 0.497 e. The Morgan fingerprint density at radius 1 is 1.11 bits per heavy atom. The van der Waals surface area contributed by atoms with Crippen molar-refractivity contribution in [2.45, 2.75) is 5.75 Å². The third kappa shape index (κ3) is 2.33.